The van der Waals surface area contributed by atoms with E-state index in [1.54, 1.807) is 32.0 Å². The molecule has 1 atom stereocenters. The molecule has 19 heavy (non-hydrogen) atoms. The molecule has 1 nitrogen and oxygen atoms in total. The van der Waals surface area contributed by atoms with Gasteiger partial charge in [-0.05, 0) is 61.2 Å². The van der Waals surface area contributed by atoms with Gasteiger partial charge in [0.15, 0.2) is 0 Å². The Kier molecular flexibility index (Phi) is 3.42. The van der Waals surface area contributed by atoms with Gasteiger partial charge < -0.3 is 5.11 Å². The molecule has 2 rings (SSSR count). The summed E-state index contributed by atoms with van der Waals surface area (Å²) in [6.07, 6.45) is 0. The van der Waals surface area contributed by atoms with Gasteiger partial charge >= 0.3 is 0 Å². The van der Waals surface area contributed by atoms with Gasteiger partial charge in [-0.3, -0.25) is 0 Å². The summed E-state index contributed by atoms with van der Waals surface area (Å²) in [5, 5.41) is 10.6. The molecule has 0 aliphatic rings. The SMILES string of the molecule is Cc1cc(F)cc(C(C)(O)c2ccc(C)c(F)c2)c1. The van der Waals surface area contributed by atoms with E-state index in [9.17, 15) is 13.9 Å². The topological polar surface area (TPSA) is 20.2 Å². The van der Waals surface area contributed by atoms with E-state index in [0.29, 0.717) is 22.3 Å². The van der Waals surface area contributed by atoms with Gasteiger partial charge in [-0.2, -0.15) is 0 Å². The molecule has 2 aromatic rings. The van der Waals surface area contributed by atoms with Crippen LogP contribution in [0, 0.1) is 25.5 Å². The molecular formula is C16H16F2O. The Balaban J connectivity index is 2.54. The Labute approximate surface area is 111 Å². The molecule has 100 valence electrons. The van der Waals surface area contributed by atoms with Crippen molar-refractivity contribution in [1.29, 1.82) is 0 Å². The number of halogens is 2. The second-order valence-electron chi connectivity index (χ2n) is 5.05. The van der Waals surface area contributed by atoms with Crippen molar-refractivity contribution in [2.24, 2.45) is 0 Å². The minimum absolute atomic E-state index is 0.383. The van der Waals surface area contributed by atoms with E-state index in [1.165, 1.54) is 25.1 Å². The molecule has 0 amide bonds. The zero-order chi connectivity index (χ0) is 14.2. The summed E-state index contributed by atoms with van der Waals surface area (Å²) in [5.74, 6) is -0.797. The van der Waals surface area contributed by atoms with Gasteiger partial charge in [0.25, 0.3) is 0 Å². The van der Waals surface area contributed by atoms with Gasteiger partial charge in [-0.1, -0.05) is 18.2 Å². The van der Waals surface area contributed by atoms with Gasteiger partial charge in [-0.25, -0.2) is 8.78 Å². The Bertz CT molecular complexity index is 598. The third kappa shape index (κ3) is 2.66. The number of hydrogen-bond donors (Lipinski definition) is 1. The van der Waals surface area contributed by atoms with Crippen LogP contribution in [0.15, 0.2) is 36.4 Å². The molecule has 1 unspecified atom stereocenters. The summed E-state index contributed by atoms with van der Waals surface area (Å²) in [4.78, 5) is 0. The fourth-order valence-corrected chi connectivity index (χ4v) is 2.08. The van der Waals surface area contributed by atoms with Crippen LogP contribution >= 0.6 is 0 Å². The lowest BCUT2D eigenvalue weighted by Crippen LogP contribution is -2.23. The van der Waals surface area contributed by atoms with Crippen molar-refractivity contribution in [2.75, 3.05) is 0 Å². The lowest BCUT2D eigenvalue weighted by atomic mass is 9.87. The summed E-state index contributed by atoms with van der Waals surface area (Å²) in [6, 6.07) is 8.89. The number of hydrogen-bond acceptors (Lipinski definition) is 1. The van der Waals surface area contributed by atoms with E-state index in [1.807, 2.05) is 0 Å². The van der Waals surface area contributed by atoms with Crippen LogP contribution in [0.25, 0.3) is 0 Å². The second-order valence-corrected chi connectivity index (χ2v) is 5.05. The van der Waals surface area contributed by atoms with Gasteiger partial charge in [0.05, 0.1) is 0 Å². The zero-order valence-corrected chi connectivity index (χ0v) is 11.2. The quantitative estimate of drug-likeness (QED) is 0.872. The monoisotopic (exact) mass is 262 g/mol. The molecule has 0 aliphatic heterocycles. The van der Waals surface area contributed by atoms with Crippen LogP contribution in [0.2, 0.25) is 0 Å². The van der Waals surface area contributed by atoms with Crippen molar-refractivity contribution in [3.63, 3.8) is 0 Å². The minimum atomic E-state index is -1.43. The molecule has 1 N–H and O–H groups in total. The molecule has 3 heteroatoms. The lowest BCUT2D eigenvalue weighted by Gasteiger charge is -2.25. The molecule has 2 aromatic carbocycles. The molecule has 0 aliphatic carbocycles. The normalized spacial score (nSPS) is 14.2. The van der Waals surface area contributed by atoms with Gasteiger partial charge in [0.2, 0.25) is 0 Å². The van der Waals surface area contributed by atoms with Crippen molar-refractivity contribution < 1.29 is 13.9 Å². The zero-order valence-electron chi connectivity index (χ0n) is 11.2. The standard InChI is InChI=1S/C16H16F2O/c1-10-6-13(8-14(17)7-10)16(3,19)12-5-4-11(2)15(18)9-12/h4-9,19H,1-3H3. The highest BCUT2D eigenvalue weighted by Crippen LogP contribution is 2.31. The number of rotatable bonds is 2. The molecule has 0 radical (unpaired) electrons. The average molecular weight is 262 g/mol. The Morgan fingerprint density at radius 2 is 1.63 bits per heavy atom. The van der Waals surface area contributed by atoms with Gasteiger partial charge in [-0.15, -0.1) is 0 Å². The third-order valence-electron chi connectivity index (χ3n) is 3.34. The van der Waals surface area contributed by atoms with Crippen LogP contribution in [-0.2, 0) is 5.60 Å². The first kappa shape index (κ1) is 13.7. The highest BCUT2D eigenvalue weighted by Gasteiger charge is 2.27. The average Bonchev–Trinajstić information content (AvgIpc) is 2.31. The van der Waals surface area contributed by atoms with E-state index in [0.717, 1.165) is 0 Å². The first-order valence-corrected chi connectivity index (χ1v) is 6.07. The largest absolute Gasteiger partial charge is 0.381 e. The van der Waals surface area contributed by atoms with Crippen LogP contribution < -0.4 is 0 Å². The molecule has 0 spiro atoms. The number of aliphatic hydroxyl groups is 1. The summed E-state index contributed by atoms with van der Waals surface area (Å²) in [7, 11) is 0. The van der Waals surface area contributed by atoms with E-state index in [4.69, 9.17) is 0 Å². The number of benzene rings is 2. The maximum absolute atomic E-state index is 13.6. The minimum Gasteiger partial charge on any atom is -0.381 e. The van der Waals surface area contributed by atoms with Crippen molar-refractivity contribution in [2.45, 2.75) is 26.4 Å². The van der Waals surface area contributed by atoms with Crippen LogP contribution in [-0.4, -0.2) is 5.11 Å². The van der Waals surface area contributed by atoms with Crippen LogP contribution in [0.4, 0.5) is 8.78 Å². The van der Waals surface area contributed by atoms with E-state index in [-0.39, 0.29) is 5.82 Å². The third-order valence-corrected chi connectivity index (χ3v) is 3.34. The predicted octanol–water partition coefficient (Wildman–Crippen LogP) is 3.84. The fraction of sp³-hybridized carbons (Fsp3) is 0.250. The highest BCUT2D eigenvalue weighted by atomic mass is 19.1. The lowest BCUT2D eigenvalue weighted by molar-refractivity contribution is 0.101. The van der Waals surface area contributed by atoms with Crippen molar-refractivity contribution >= 4 is 0 Å². The summed E-state index contributed by atoms with van der Waals surface area (Å²) in [6.45, 7) is 4.93. The second kappa shape index (κ2) is 4.74. The Morgan fingerprint density at radius 3 is 2.21 bits per heavy atom. The molecule has 0 fully saturated rings. The maximum Gasteiger partial charge on any atom is 0.126 e. The Morgan fingerprint density at radius 1 is 0.947 bits per heavy atom. The van der Waals surface area contributed by atoms with Crippen molar-refractivity contribution in [1.82, 2.24) is 0 Å². The van der Waals surface area contributed by atoms with Crippen LogP contribution in [0.1, 0.15) is 29.2 Å². The van der Waals surface area contributed by atoms with Gasteiger partial charge in [0.1, 0.15) is 17.2 Å². The first-order valence-electron chi connectivity index (χ1n) is 6.07. The molecule has 0 bridgehead atoms. The summed E-state index contributed by atoms with van der Waals surface area (Å²) >= 11 is 0. The van der Waals surface area contributed by atoms with Crippen LogP contribution in [0.5, 0.6) is 0 Å². The van der Waals surface area contributed by atoms with E-state index < -0.39 is 11.4 Å². The van der Waals surface area contributed by atoms with E-state index in [2.05, 4.69) is 0 Å². The predicted molar refractivity (Wildman–Crippen MR) is 70.9 cm³/mol. The smallest absolute Gasteiger partial charge is 0.126 e. The first-order chi connectivity index (χ1) is 8.80. The molecular weight excluding hydrogens is 246 g/mol. The van der Waals surface area contributed by atoms with Crippen molar-refractivity contribution in [3.05, 3.63) is 70.3 Å². The molecule has 0 saturated carbocycles. The molecule has 0 aromatic heterocycles. The number of aryl methyl sites for hydroxylation is 2. The van der Waals surface area contributed by atoms with Crippen molar-refractivity contribution in [3.8, 4) is 0 Å². The maximum atomic E-state index is 13.6. The van der Waals surface area contributed by atoms with E-state index >= 15 is 0 Å². The van der Waals surface area contributed by atoms with Crippen LogP contribution in [0.3, 0.4) is 0 Å². The molecule has 0 saturated heterocycles. The Hall–Kier alpha value is -1.74. The summed E-state index contributed by atoms with van der Waals surface area (Å²) in [5.41, 5.74) is 0.605. The fourth-order valence-electron chi connectivity index (χ4n) is 2.08. The van der Waals surface area contributed by atoms with Gasteiger partial charge in [0, 0.05) is 0 Å². The summed E-state index contributed by atoms with van der Waals surface area (Å²) < 4.78 is 27.0. The molecule has 0 heterocycles. The highest BCUT2D eigenvalue weighted by molar-refractivity contribution is 5.38.